The van der Waals surface area contributed by atoms with E-state index in [1.807, 2.05) is 36.9 Å². The third-order valence-corrected chi connectivity index (χ3v) is 2.87. The number of hydrogen-bond acceptors (Lipinski definition) is 3. The van der Waals surface area contributed by atoms with Crippen LogP contribution in [0.3, 0.4) is 0 Å². The van der Waals surface area contributed by atoms with Crippen molar-refractivity contribution in [2.75, 3.05) is 18.6 Å². The van der Waals surface area contributed by atoms with Crippen LogP contribution in [0.5, 0.6) is 5.75 Å². The van der Waals surface area contributed by atoms with Crippen LogP contribution in [0.25, 0.3) is 0 Å². The molecular weight excluding hydrogens is 206 g/mol. The number of benzene rings is 1. The second-order valence-electron chi connectivity index (χ2n) is 3.39. The lowest BCUT2D eigenvalue weighted by atomic mass is 10.1. The summed E-state index contributed by atoms with van der Waals surface area (Å²) < 4.78 is 5.44. The zero-order valence-corrected chi connectivity index (χ0v) is 10.2. The van der Waals surface area contributed by atoms with Crippen LogP contribution >= 0.6 is 11.8 Å². The Morgan fingerprint density at radius 2 is 2.27 bits per heavy atom. The molecule has 0 amide bonds. The molecule has 0 fully saturated rings. The molecule has 0 aliphatic carbocycles. The van der Waals surface area contributed by atoms with Gasteiger partial charge in [0.05, 0.1) is 6.61 Å². The Morgan fingerprint density at radius 3 is 2.93 bits per heavy atom. The first-order chi connectivity index (χ1) is 7.27. The summed E-state index contributed by atoms with van der Waals surface area (Å²) in [6.45, 7) is 2.68. The van der Waals surface area contributed by atoms with Gasteiger partial charge in [-0.25, -0.2) is 0 Å². The highest BCUT2D eigenvalue weighted by Gasteiger charge is 2.06. The van der Waals surface area contributed by atoms with Gasteiger partial charge in [0.25, 0.3) is 0 Å². The molecule has 1 atom stereocenters. The van der Waals surface area contributed by atoms with Gasteiger partial charge in [0.1, 0.15) is 5.75 Å². The Labute approximate surface area is 96.2 Å². The predicted octanol–water partition coefficient (Wildman–Crippen LogP) is 2.84. The summed E-state index contributed by atoms with van der Waals surface area (Å²) in [7, 11) is 0. The molecule has 0 bridgehead atoms. The topological polar surface area (TPSA) is 35.2 Å². The molecule has 0 aromatic heterocycles. The molecular formula is C12H19NOS. The second kappa shape index (κ2) is 6.75. The summed E-state index contributed by atoms with van der Waals surface area (Å²) in [5.74, 6) is 2.01. The van der Waals surface area contributed by atoms with Gasteiger partial charge in [-0.3, -0.25) is 0 Å². The summed E-state index contributed by atoms with van der Waals surface area (Å²) in [6, 6.07) is 8.19. The summed E-state index contributed by atoms with van der Waals surface area (Å²) in [5.41, 5.74) is 7.24. The molecule has 2 nitrogen and oxygen atoms in total. The Kier molecular flexibility index (Phi) is 5.58. The average molecular weight is 225 g/mol. The Hall–Kier alpha value is -0.670. The molecule has 15 heavy (non-hydrogen) atoms. The monoisotopic (exact) mass is 225 g/mol. The maximum atomic E-state index is 6.08. The van der Waals surface area contributed by atoms with Crippen LogP contribution < -0.4 is 10.5 Å². The summed E-state index contributed by atoms with van der Waals surface area (Å²) in [6.07, 6.45) is 3.11. The maximum absolute atomic E-state index is 6.08. The van der Waals surface area contributed by atoms with Crippen molar-refractivity contribution in [1.29, 1.82) is 0 Å². The van der Waals surface area contributed by atoms with E-state index in [4.69, 9.17) is 10.5 Å². The van der Waals surface area contributed by atoms with Gasteiger partial charge in [0, 0.05) is 6.04 Å². The van der Waals surface area contributed by atoms with Gasteiger partial charge in [-0.1, -0.05) is 12.1 Å². The van der Waals surface area contributed by atoms with Gasteiger partial charge in [-0.2, -0.15) is 11.8 Å². The predicted molar refractivity (Wildman–Crippen MR) is 67.5 cm³/mol. The highest BCUT2D eigenvalue weighted by Crippen LogP contribution is 2.20. The minimum absolute atomic E-state index is 0.123. The fraction of sp³-hybridized carbons (Fsp3) is 0.500. The first-order valence-electron chi connectivity index (χ1n) is 5.25. The molecule has 0 spiro atoms. The van der Waals surface area contributed by atoms with Crippen LogP contribution in [0.2, 0.25) is 0 Å². The quantitative estimate of drug-likeness (QED) is 0.808. The van der Waals surface area contributed by atoms with Crippen molar-refractivity contribution in [1.82, 2.24) is 0 Å². The zero-order chi connectivity index (χ0) is 11.1. The van der Waals surface area contributed by atoms with E-state index in [1.54, 1.807) is 0 Å². The molecule has 0 radical (unpaired) electrons. The normalized spacial score (nSPS) is 12.5. The number of ether oxygens (including phenoxy) is 1. The molecule has 84 valence electrons. The SMILES string of the molecule is CCOc1cccc(C(N)CCSC)c1. The van der Waals surface area contributed by atoms with E-state index >= 15 is 0 Å². The van der Waals surface area contributed by atoms with Crippen molar-refractivity contribution in [2.24, 2.45) is 5.73 Å². The van der Waals surface area contributed by atoms with Gasteiger partial charge in [0.15, 0.2) is 0 Å². The molecule has 1 aromatic rings. The fourth-order valence-electron chi connectivity index (χ4n) is 1.41. The third kappa shape index (κ3) is 4.14. The van der Waals surface area contributed by atoms with Crippen LogP contribution in [0.15, 0.2) is 24.3 Å². The Balaban J connectivity index is 2.62. The molecule has 3 heteroatoms. The average Bonchev–Trinajstić information content (AvgIpc) is 2.27. The molecule has 1 unspecified atom stereocenters. The minimum atomic E-state index is 0.123. The lowest BCUT2D eigenvalue weighted by Crippen LogP contribution is -2.11. The number of hydrogen-bond donors (Lipinski definition) is 1. The molecule has 0 aliphatic rings. The number of rotatable bonds is 6. The van der Waals surface area contributed by atoms with Crippen molar-refractivity contribution in [3.8, 4) is 5.75 Å². The molecule has 0 saturated carbocycles. The van der Waals surface area contributed by atoms with E-state index in [-0.39, 0.29) is 6.04 Å². The largest absolute Gasteiger partial charge is 0.494 e. The van der Waals surface area contributed by atoms with Crippen molar-refractivity contribution in [3.05, 3.63) is 29.8 Å². The first-order valence-corrected chi connectivity index (χ1v) is 6.64. The van der Waals surface area contributed by atoms with Crippen molar-refractivity contribution < 1.29 is 4.74 Å². The van der Waals surface area contributed by atoms with E-state index in [2.05, 4.69) is 12.3 Å². The fourth-order valence-corrected chi connectivity index (χ4v) is 1.90. The number of nitrogens with two attached hydrogens (primary N) is 1. The van der Waals surface area contributed by atoms with Crippen molar-refractivity contribution in [2.45, 2.75) is 19.4 Å². The van der Waals surface area contributed by atoms with E-state index < -0.39 is 0 Å². The summed E-state index contributed by atoms with van der Waals surface area (Å²) in [4.78, 5) is 0. The van der Waals surface area contributed by atoms with E-state index in [9.17, 15) is 0 Å². The summed E-state index contributed by atoms with van der Waals surface area (Å²) >= 11 is 1.83. The van der Waals surface area contributed by atoms with Crippen LogP contribution in [0, 0.1) is 0 Å². The van der Waals surface area contributed by atoms with Crippen molar-refractivity contribution >= 4 is 11.8 Å². The van der Waals surface area contributed by atoms with Crippen LogP contribution in [-0.2, 0) is 0 Å². The van der Waals surface area contributed by atoms with Crippen LogP contribution in [-0.4, -0.2) is 18.6 Å². The third-order valence-electron chi connectivity index (χ3n) is 2.23. The van der Waals surface area contributed by atoms with Gasteiger partial charge >= 0.3 is 0 Å². The second-order valence-corrected chi connectivity index (χ2v) is 4.38. The van der Waals surface area contributed by atoms with E-state index in [1.165, 1.54) is 0 Å². The highest BCUT2D eigenvalue weighted by molar-refractivity contribution is 7.98. The molecule has 2 N–H and O–H groups in total. The van der Waals surface area contributed by atoms with Gasteiger partial charge in [-0.05, 0) is 43.0 Å². The van der Waals surface area contributed by atoms with E-state index in [0.717, 1.165) is 23.5 Å². The lowest BCUT2D eigenvalue weighted by molar-refractivity contribution is 0.339. The number of thioether (sulfide) groups is 1. The van der Waals surface area contributed by atoms with Crippen LogP contribution in [0.1, 0.15) is 24.9 Å². The standard InChI is InChI=1S/C12H19NOS/c1-3-14-11-6-4-5-10(9-11)12(13)7-8-15-2/h4-6,9,12H,3,7-8,13H2,1-2H3. The van der Waals surface area contributed by atoms with E-state index in [0.29, 0.717) is 6.61 Å². The molecule has 0 heterocycles. The highest BCUT2D eigenvalue weighted by atomic mass is 32.2. The van der Waals surface area contributed by atoms with Crippen LogP contribution in [0.4, 0.5) is 0 Å². The maximum Gasteiger partial charge on any atom is 0.119 e. The van der Waals surface area contributed by atoms with Gasteiger partial charge < -0.3 is 10.5 Å². The van der Waals surface area contributed by atoms with Gasteiger partial charge in [0.2, 0.25) is 0 Å². The molecule has 0 aliphatic heterocycles. The molecule has 1 aromatic carbocycles. The smallest absolute Gasteiger partial charge is 0.119 e. The molecule has 1 rings (SSSR count). The lowest BCUT2D eigenvalue weighted by Gasteiger charge is -2.12. The Morgan fingerprint density at radius 1 is 1.47 bits per heavy atom. The summed E-state index contributed by atoms with van der Waals surface area (Å²) in [5, 5.41) is 0. The van der Waals surface area contributed by atoms with Crippen molar-refractivity contribution in [3.63, 3.8) is 0 Å². The molecule has 0 saturated heterocycles. The zero-order valence-electron chi connectivity index (χ0n) is 9.40. The van der Waals surface area contributed by atoms with Gasteiger partial charge in [-0.15, -0.1) is 0 Å². The minimum Gasteiger partial charge on any atom is -0.494 e. The first kappa shape index (κ1) is 12.4. The Bertz CT molecular complexity index is 291.